The Kier molecular flexibility index (Phi) is 7.85. The highest BCUT2D eigenvalue weighted by Gasteiger charge is 2.35. The Balaban J connectivity index is 1.40. The van der Waals surface area contributed by atoms with Crippen LogP contribution in [0.3, 0.4) is 0 Å². The number of rotatable bonds is 8. The second-order valence-electron chi connectivity index (χ2n) is 8.40. The molecule has 8 heteroatoms. The zero-order valence-corrected chi connectivity index (χ0v) is 21.6. The van der Waals surface area contributed by atoms with Crippen LogP contribution in [0.15, 0.2) is 76.9 Å². The Labute approximate surface area is 218 Å². The van der Waals surface area contributed by atoms with Crippen LogP contribution in [0.1, 0.15) is 29.2 Å². The predicted molar refractivity (Wildman–Crippen MR) is 142 cm³/mol. The standard InChI is InChI=1S/C28H26BrN3O4/c1-3-21-6-4-5-7-23(21)30-26(33)16-32-27(34)24(31-28(32)35)15-20-12-13-25(22(29)14-20)36-17-19-10-8-18(2)9-11-19/h4-15H,3,16-17H2,1-2H3,(H,30,33)(H,31,35)/b24-15+. The molecule has 1 saturated heterocycles. The number of halogens is 1. The van der Waals surface area contributed by atoms with Crippen LogP contribution < -0.4 is 15.4 Å². The fourth-order valence-corrected chi connectivity index (χ4v) is 4.25. The summed E-state index contributed by atoms with van der Waals surface area (Å²) in [5.41, 5.74) is 4.67. The van der Waals surface area contributed by atoms with Gasteiger partial charge in [-0.05, 0) is 70.2 Å². The van der Waals surface area contributed by atoms with E-state index in [0.717, 1.165) is 22.4 Å². The summed E-state index contributed by atoms with van der Waals surface area (Å²) in [6, 6.07) is 20.3. The number of nitrogens with one attached hydrogen (secondary N) is 2. The highest BCUT2D eigenvalue weighted by atomic mass is 79.9. The third-order valence-corrected chi connectivity index (χ3v) is 6.34. The van der Waals surface area contributed by atoms with Crippen molar-refractivity contribution in [1.29, 1.82) is 0 Å². The summed E-state index contributed by atoms with van der Waals surface area (Å²) < 4.78 is 6.61. The lowest BCUT2D eigenvalue weighted by Gasteiger charge is -2.13. The molecular formula is C28H26BrN3O4. The van der Waals surface area contributed by atoms with Gasteiger partial charge in [-0.2, -0.15) is 0 Å². The summed E-state index contributed by atoms with van der Waals surface area (Å²) in [4.78, 5) is 38.7. The summed E-state index contributed by atoms with van der Waals surface area (Å²) in [6.07, 6.45) is 2.32. The van der Waals surface area contributed by atoms with Gasteiger partial charge in [-0.1, -0.05) is 61.0 Å². The zero-order valence-electron chi connectivity index (χ0n) is 20.0. The van der Waals surface area contributed by atoms with E-state index < -0.39 is 17.8 Å². The van der Waals surface area contributed by atoms with Crippen LogP contribution in [0.25, 0.3) is 6.08 Å². The molecule has 36 heavy (non-hydrogen) atoms. The lowest BCUT2D eigenvalue weighted by molar-refractivity contribution is -0.127. The van der Waals surface area contributed by atoms with Gasteiger partial charge < -0.3 is 15.4 Å². The summed E-state index contributed by atoms with van der Waals surface area (Å²) in [5.74, 6) is -0.349. The van der Waals surface area contributed by atoms with Crippen molar-refractivity contribution in [3.63, 3.8) is 0 Å². The number of ether oxygens (including phenoxy) is 1. The van der Waals surface area contributed by atoms with E-state index in [9.17, 15) is 14.4 Å². The highest BCUT2D eigenvalue weighted by molar-refractivity contribution is 9.10. The van der Waals surface area contributed by atoms with Gasteiger partial charge in [0.05, 0.1) is 4.47 Å². The number of carbonyl (C=O) groups is 3. The molecule has 0 saturated carbocycles. The highest BCUT2D eigenvalue weighted by Crippen LogP contribution is 2.28. The summed E-state index contributed by atoms with van der Waals surface area (Å²) in [6.45, 7) is 4.07. The quantitative estimate of drug-likeness (QED) is 0.290. The molecule has 184 valence electrons. The average Bonchev–Trinajstić information content (AvgIpc) is 3.12. The number of anilines is 1. The molecule has 1 heterocycles. The summed E-state index contributed by atoms with van der Waals surface area (Å²) in [7, 11) is 0. The second kappa shape index (κ2) is 11.2. The van der Waals surface area contributed by atoms with Crippen molar-refractivity contribution >= 4 is 45.5 Å². The van der Waals surface area contributed by atoms with Crippen LogP contribution in [0.2, 0.25) is 0 Å². The molecule has 1 aliphatic heterocycles. The molecule has 3 aromatic rings. The van der Waals surface area contributed by atoms with Gasteiger partial charge in [0.1, 0.15) is 24.6 Å². The number of nitrogens with zero attached hydrogens (tertiary/aromatic N) is 1. The van der Waals surface area contributed by atoms with Gasteiger partial charge in [0, 0.05) is 5.69 Å². The van der Waals surface area contributed by atoms with E-state index in [1.807, 2.05) is 56.3 Å². The first-order valence-corrected chi connectivity index (χ1v) is 12.3. The molecule has 0 spiro atoms. The molecular weight excluding hydrogens is 522 g/mol. The van der Waals surface area contributed by atoms with E-state index >= 15 is 0 Å². The van der Waals surface area contributed by atoms with Gasteiger partial charge in [0.25, 0.3) is 5.91 Å². The minimum atomic E-state index is -0.637. The van der Waals surface area contributed by atoms with Gasteiger partial charge in [-0.25, -0.2) is 9.69 Å². The number of amides is 4. The molecule has 3 aromatic carbocycles. The Hall–Kier alpha value is -3.91. The van der Waals surface area contributed by atoms with E-state index in [2.05, 4.69) is 26.6 Å². The molecule has 4 rings (SSSR count). The van der Waals surface area contributed by atoms with Crippen molar-refractivity contribution in [2.24, 2.45) is 0 Å². The van der Waals surface area contributed by atoms with Gasteiger partial charge in [0.2, 0.25) is 5.91 Å². The zero-order chi connectivity index (χ0) is 25.7. The van der Waals surface area contributed by atoms with E-state index in [0.29, 0.717) is 28.1 Å². The first-order valence-electron chi connectivity index (χ1n) is 11.5. The molecule has 1 fully saturated rings. The number of hydrogen-bond acceptors (Lipinski definition) is 4. The van der Waals surface area contributed by atoms with Crippen molar-refractivity contribution < 1.29 is 19.1 Å². The number of benzene rings is 3. The molecule has 1 aliphatic rings. The van der Waals surface area contributed by atoms with Crippen LogP contribution in [-0.2, 0) is 22.6 Å². The minimum absolute atomic E-state index is 0.0991. The van der Waals surface area contributed by atoms with Gasteiger partial charge in [0.15, 0.2) is 0 Å². The summed E-state index contributed by atoms with van der Waals surface area (Å²) in [5, 5.41) is 5.33. The monoisotopic (exact) mass is 547 g/mol. The Bertz CT molecular complexity index is 1330. The van der Waals surface area contributed by atoms with Crippen molar-refractivity contribution in [3.8, 4) is 5.75 Å². The van der Waals surface area contributed by atoms with E-state index in [1.165, 1.54) is 5.56 Å². The first kappa shape index (κ1) is 25.2. The number of aryl methyl sites for hydroxylation is 2. The Morgan fingerprint density at radius 3 is 2.56 bits per heavy atom. The fraction of sp³-hybridized carbons (Fsp3) is 0.179. The number of carbonyl (C=O) groups excluding carboxylic acids is 3. The minimum Gasteiger partial charge on any atom is -0.488 e. The normalized spacial score (nSPS) is 14.2. The molecule has 4 amide bonds. The Morgan fingerprint density at radius 1 is 1.08 bits per heavy atom. The lowest BCUT2D eigenvalue weighted by Crippen LogP contribution is -2.38. The molecule has 0 bridgehead atoms. The molecule has 0 radical (unpaired) electrons. The smallest absolute Gasteiger partial charge is 0.329 e. The third-order valence-electron chi connectivity index (χ3n) is 5.72. The molecule has 0 atom stereocenters. The first-order chi connectivity index (χ1) is 17.3. The van der Waals surface area contributed by atoms with Gasteiger partial charge in [-0.3, -0.25) is 9.59 Å². The molecule has 7 nitrogen and oxygen atoms in total. The van der Waals surface area contributed by atoms with Crippen LogP contribution in [0, 0.1) is 6.92 Å². The summed E-state index contributed by atoms with van der Waals surface area (Å²) >= 11 is 3.51. The predicted octanol–water partition coefficient (Wildman–Crippen LogP) is 5.43. The van der Waals surface area contributed by atoms with Crippen molar-refractivity contribution in [1.82, 2.24) is 10.2 Å². The van der Waals surface area contributed by atoms with Crippen LogP contribution in [-0.4, -0.2) is 29.3 Å². The van der Waals surface area contributed by atoms with Crippen LogP contribution in [0.5, 0.6) is 5.75 Å². The van der Waals surface area contributed by atoms with Crippen molar-refractivity contribution in [2.45, 2.75) is 26.9 Å². The number of para-hydroxylation sites is 1. The molecule has 0 aliphatic carbocycles. The van der Waals surface area contributed by atoms with Crippen molar-refractivity contribution in [2.75, 3.05) is 11.9 Å². The molecule has 0 aromatic heterocycles. The topological polar surface area (TPSA) is 87.7 Å². The second-order valence-corrected chi connectivity index (χ2v) is 9.26. The molecule has 0 unspecified atom stereocenters. The van der Waals surface area contributed by atoms with Crippen molar-refractivity contribution in [3.05, 3.63) is 99.2 Å². The fourth-order valence-electron chi connectivity index (χ4n) is 3.74. The maximum absolute atomic E-state index is 12.8. The number of imide groups is 1. The average molecular weight is 548 g/mol. The number of hydrogen-bond donors (Lipinski definition) is 2. The van der Waals surface area contributed by atoms with E-state index in [-0.39, 0.29) is 12.2 Å². The van der Waals surface area contributed by atoms with Gasteiger partial charge in [-0.15, -0.1) is 0 Å². The molecule has 2 N–H and O–H groups in total. The third kappa shape index (κ3) is 6.01. The van der Waals surface area contributed by atoms with Crippen LogP contribution >= 0.6 is 15.9 Å². The van der Waals surface area contributed by atoms with Gasteiger partial charge >= 0.3 is 6.03 Å². The SMILES string of the molecule is CCc1ccccc1NC(=O)CN1C(=O)N/C(=C/c2ccc(OCc3ccc(C)cc3)c(Br)c2)C1=O. The Morgan fingerprint density at radius 2 is 1.83 bits per heavy atom. The largest absolute Gasteiger partial charge is 0.488 e. The number of urea groups is 1. The maximum Gasteiger partial charge on any atom is 0.329 e. The van der Waals surface area contributed by atoms with Crippen LogP contribution in [0.4, 0.5) is 10.5 Å². The van der Waals surface area contributed by atoms with E-state index in [4.69, 9.17) is 4.74 Å². The van der Waals surface area contributed by atoms with E-state index in [1.54, 1.807) is 30.3 Å². The lowest BCUT2D eigenvalue weighted by atomic mass is 10.1. The maximum atomic E-state index is 12.8.